The Bertz CT molecular complexity index is 508. The van der Waals surface area contributed by atoms with Gasteiger partial charge in [0.05, 0.1) is 33.4 Å². The Morgan fingerprint density at radius 1 is 1.31 bits per heavy atom. The van der Waals surface area contributed by atoms with Crippen LogP contribution in [0.1, 0.15) is 22.8 Å². The maximum atomic E-state index is 12.1. The molecule has 2 rings (SSSR count). The van der Waals surface area contributed by atoms with Gasteiger partial charge in [0.25, 0.3) is 0 Å². The van der Waals surface area contributed by atoms with Gasteiger partial charge in [-0.25, -0.2) is 0 Å². The van der Waals surface area contributed by atoms with E-state index in [1.807, 2.05) is 13.8 Å². The Morgan fingerprint density at radius 3 is 2.56 bits per heavy atom. The van der Waals surface area contributed by atoms with Crippen LogP contribution in [-0.2, 0) is 16.6 Å². The van der Waals surface area contributed by atoms with Gasteiger partial charge in [0, 0.05) is 5.56 Å². The van der Waals surface area contributed by atoms with E-state index in [4.69, 9.17) is 8.94 Å². The van der Waals surface area contributed by atoms with E-state index in [0.29, 0.717) is 11.5 Å². The number of rotatable bonds is 3. The molecule has 0 amide bonds. The van der Waals surface area contributed by atoms with E-state index >= 15 is 0 Å². The SMILES string of the molecule is Cc1noc(C)c1C[S@](=O)c1ccoc1C. The number of furan rings is 1. The third-order valence-corrected chi connectivity index (χ3v) is 3.98. The fourth-order valence-electron chi connectivity index (χ4n) is 1.53. The lowest BCUT2D eigenvalue weighted by Crippen LogP contribution is -1.98. The van der Waals surface area contributed by atoms with E-state index < -0.39 is 10.8 Å². The Labute approximate surface area is 96.1 Å². The van der Waals surface area contributed by atoms with Crippen molar-refractivity contribution < 1.29 is 13.1 Å². The summed E-state index contributed by atoms with van der Waals surface area (Å²) in [7, 11) is -1.11. The summed E-state index contributed by atoms with van der Waals surface area (Å²) < 4.78 is 22.2. The Balaban J connectivity index is 2.24. The summed E-state index contributed by atoms with van der Waals surface area (Å²) in [4.78, 5) is 0.736. The number of hydrogen-bond acceptors (Lipinski definition) is 4. The summed E-state index contributed by atoms with van der Waals surface area (Å²) in [5.41, 5.74) is 1.71. The summed E-state index contributed by atoms with van der Waals surface area (Å²) in [6.45, 7) is 5.49. The molecule has 0 spiro atoms. The summed E-state index contributed by atoms with van der Waals surface area (Å²) in [6.07, 6.45) is 1.55. The standard InChI is InChI=1S/C11H13NO3S/c1-7-10(8(2)15-12-7)6-16(13)11-4-5-14-9(11)3/h4-5H,6H2,1-3H3/t16-/m0/s1. The van der Waals surface area contributed by atoms with Gasteiger partial charge < -0.3 is 8.94 Å². The molecule has 0 unspecified atom stereocenters. The topological polar surface area (TPSA) is 56.2 Å². The molecule has 0 N–H and O–H groups in total. The molecule has 5 heteroatoms. The normalized spacial score (nSPS) is 12.9. The first-order valence-corrected chi connectivity index (χ1v) is 6.25. The molecule has 0 fully saturated rings. The molecule has 0 saturated carbocycles. The molecular weight excluding hydrogens is 226 g/mol. The lowest BCUT2D eigenvalue weighted by molar-refractivity contribution is 0.392. The first-order valence-electron chi connectivity index (χ1n) is 4.94. The van der Waals surface area contributed by atoms with Crippen molar-refractivity contribution in [3.8, 4) is 0 Å². The molecule has 0 radical (unpaired) electrons. The van der Waals surface area contributed by atoms with Gasteiger partial charge in [-0.1, -0.05) is 5.16 Å². The highest BCUT2D eigenvalue weighted by molar-refractivity contribution is 7.84. The maximum absolute atomic E-state index is 12.1. The molecule has 2 heterocycles. The van der Waals surface area contributed by atoms with Crippen molar-refractivity contribution in [2.45, 2.75) is 31.4 Å². The first kappa shape index (κ1) is 11.1. The second-order valence-corrected chi connectivity index (χ2v) is 5.05. The predicted molar refractivity (Wildman–Crippen MR) is 59.5 cm³/mol. The maximum Gasteiger partial charge on any atom is 0.138 e. The fraction of sp³-hybridized carbons (Fsp3) is 0.364. The molecule has 86 valence electrons. The minimum atomic E-state index is -1.11. The zero-order valence-corrected chi connectivity index (χ0v) is 10.3. The van der Waals surface area contributed by atoms with E-state index in [2.05, 4.69) is 5.16 Å². The smallest absolute Gasteiger partial charge is 0.138 e. The van der Waals surface area contributed by atoms with Crippen molar-refractivity contribution >= 4 is 10.8 Å². The number of aromatic nitrogens is 1. The van der Waals surface area contributed by atoms with Crippen LogP contribution in [0.15, 0.2) is 26.2 Å². The van der Waals surface area contributed by atoms with Crippen LogP contribution < -0.4 is 0 Å². The molecule has 2 aromatic heterocycles. The molecular formula is C11H13NO3S. The molecule has 0 bridgehead atoms. The van der Waals surface area contributed by atoms with E-state index in [1.165, 1.54) is 0 Å². The first-order chi connectivity index (χ1) is 7.59. The Morgan fingerprint density at radius 2 is 2.06 bits per heavy atom. The van der Waals surface area contributed by atoms with Crippen LogP contribution in [0.4, 0.5) is 0 Å². The van der Waals surface area contributed by atoms with E-state index in [-0.39, 0.29) is 0 Å². The number of hydrogen-bond donors (Lipinski definition) is 0. The van der Waals surface area contributed by atoms with Gasteiger partial charge in [0.15, 0.2) is 0 Å². The second-order valence-electron chi connectivity index (χ2n) is 3.63. The molecule has 0 aliphatic heterocycles. The Kier molecular flexibility index (Phi) is 2.96. The van der Waals surface area contributed by atoms with Gasteiger partial charge in [-0.3, -0.25) is 4.21 Å². The summed E-state index contributed by atoms with van der Waals surface area (Å²) in [5, 5.41) is 3.84. The van der Waals surface area contributed by atoms with Gasteiger partial charge in [-0.05, 0) is 26.8 Å². The van der Waals surface area contributed by atoms with E-state index in [9.17, 15) is 4.21 Å². The monoisotopic (exact) mass is 239 g/mol. The van der Waals surface area contributed by atoms with E-state index in [0.717, 1.165) is 21.9 Å². The summed E-state index contributed by atoms with van der Waals surface area (Å²) in [6, 6.07) is 1.74. The number of aryl methyl sites for hydroxylation is 3. The molecule has 0 aromatic carbocycles. The zero-order chi connectivity index (χ0) is 11.7. The minimum absolute atomic E-state index is 0.418. The zero-order valence-electron chi connectivity index (χ0n) is 9.44. The average Bonchev–Trinajstić information content (AvgIpc) is 2.79. The predicted octanol–water partition coefficient (Wildman–Crippen LogP) is 2.50. The van der Waals surface area contributed by atoms with Crippen LogP contribution in [0.5, 0.6) is 0 Å². The summed E-state index contributed by atoms with van der Waals surface area (Å²) in [5.74, 6) is 1.85. The van der Waals surface area contributed by atoms with Gasteiger partial charge in [0.2, 0.25) is 0 Å². The Hall–Kier alpha value is -1.36. The second kappa shape index (κ2) is 4.25. The third-order valence-electron chi connectivity index (χ3n) is 2.51. The molecule has 2 aromatic rings. The molecule has 0 aliphatic rings. The van der Waals surface area contributed by atoms with Gasteiger partial charge >= 0.3 is 0 Å². The molecule has 4 nitrogen and oxygen atoms in total. The van der Waals surface area contributed by atoms with Crippen molar-refractivity contribution in [2.24, 2.45) is 0 Å². The minimum Gasteiger partial charge on any atom is -0.468 e. The van der Waals surface area contributed by atoms with Crippen LogP contribution >= 0.6 is 0 Å². The molecule has 16 heavy (non-hydrogen) atoms. The average molecular weight is 239 g/mol. The van der Waals surface area contributed by atoms with Gasteiger partial charge in [-0.2, -0.15) is 0 Å². The van der Waals surface area contributed by atoms with E-state index in [1.54, 1.807) is 19.3 Å². The van der Waals surface area contributed by atoms with Crippen LogP contribution in [0.2, 0.25) is 0 Å². The summed E-state index contributed by atoms with van der Waals surface area (Å²) >= 11 is 0. The lowest BCUT2D eigenvalue weighted by Gasteiger charge is -2.00. The molecule has 0 saturated heterocycles. The van der Waals surface area contributed by atoms with Crippen molar-refractivity contribution in [2.75, 3.05) is 0 Å². The highest BCUT2D eigenvalue weighted by Gasteiger charge is 2.16. The van der Waals surface area contributed by atoms with Crippen molar-refractivity contribution in [1.29, 1.82) is 0 Å². The fourth-order valence-corrected chi connectivity index (χ4v) is 2.93. The largest absolute Gasteiger partial charge is 0.468 e. The van der Waals surface area contributed by atoms with Crippen LogP contribution in [0.25, 0.3) is 0 Å². The molecule has 1 atom stereocenters. The van der Waals surface area contributed by atoms with Crippen molar-refractivity contribution in [1.82, 2.24) is 5.16 Å². The highest BCUT2D eigenvalue weighted by Crippen LogP contribution is 2.20. The van der Waals surface area contributed by atoms with Crippen LogP contribution in [0.3, 0.4) is 0 Å². The van der Waals surface area contributed by atoms with Crippen molar-refractivity contribution in [3.05, 3.63) is 35.1 Å². The third kappa shape index (κ3) is 1.95. The van der Waals surface area contributed by atoms with Gasteiger partial charge in [-0.15, -0.1) is 0 Å². The van der Waals surface area contributed by atoms with Crippen molar-refractivity contribution in [3.63, 3.8) is 0 Å². The molecule has 0 aliphatic carbocycles. The van der Waals surface area contributed by atoms with Crippen LogP contribution in [0, 0.1) is 20.8 Å². The quantitative estimate of drug-likeness (QED) is 0.825. The lowest BCUT2D eigenvalue weighted by atomic mass is 10.2. The van der Waals surface area contributed by atoms with Gasteiger partial charge in [0.1, 0.15) is 11.5 Å². The highest BCUT2D eigenvalue weighted by atomic mass is 32.2. The van der Waals surface area contributed by atoms with Crippen LogP contribution in [-0.4, -0.2) is 9.37 Å². The number of nitrogens with zero attached hydrogens (tertiary/aromatic N) is 1.